The second-order valence-corrected chi connectivity index (χ2v) is 5.34. The molecule has 0 aliphatic rings. The lowest BCUT2D eigenvalue weighted by Crippen LogP contribution is -2.29. The van der Waals surface area contributed by atoms with E-state index in [0.29, 0.717) is 5.82 Å². The maximum absolute atomic E-state index is 12.5. The highest BCUT2D eigenvalue weighted by atomic mass is 19.4. The third-order valence-electron chi connectivity index (χ3n) is 3.53. The molecule has 9 heteroatoms. The fourth-order valence-electron chi connectivity index (χ4n) is 2.26. The van der Waals surface area contributed by atoms with Crippen molar-refractivity contribution in [2.24, 2.45) is 0 Å². The van der Waals surface area contributed by atoms with E-state index >= 15 is 0 Å². The minimum absolute atomic E-state index is 0.0986. The Hall–Kier alpha value is -3.36. The molecular weight excluding hydrogens is 347 g/mol. The number of hydrogen-bond donors (Lipinski definition) is 2. The molecule has 0 aliphatic carbocycles. The van der Waals surface area contributed by atoms with E-state index in [0.717, 1.165) is 17.8 Å². The molecule has 2 N–H and O–H groups in total. The summed E-state index contributed by atoms with van der Waals surface area (Å²) in [6.45, 7) is 0.0986. The first-order chi connectivity index (χ1) is 12.4. The van der Waals surface area contributed by atoms with Gasteiger partial charge in [0.1, 0.15) is 6.33 Å². The Morgan fingerprint density at radius 2 is 1.73 bits per heavy atom. The monoisotopic (exact) mass is 361 g/mol. The van der Waals surface area contributed by atoms with Crippen LogP contribution < -0.4 is 10.6 Å². The van der Waals surface area contributed by atoms with E-state index < -0.39 is 17.8 Å². The third kappa shape index (κ3) is 4.18. The van der Waals surface area contributed by atoms with E-state index in [2.05, 4.69) is 20.8 Å². The van der Waals surface area contributed by atoms with Crippen molar-refractivity contribution in [2.45, 2.75) is 12.7 Å². The first-order valence-corrected chi connectivity index (χ1v) is 7.60. The molecule has 0 saturated carbocycles. The number of rotatable bonds is 4. The number of hydrogen-bond acceptors (Lipinski definition) is 3. The highest BCUT2D eigenvalue weighted by Crippen LogP contribution is 2.29. The van der Waals surface area contributed by atoms with Gasteiger partial charge in [0.2, 0.25) is 0 Å². The van der Waals surface area contributed by atoms with Crippen molar-refractivity contribution in [2.75, 3.05) is 5.32 Å². The molecule has 3 aromatic rings. The predicted molar refractivity (Wildman–Crippen MR) is 88.7 cm³/mol. The van der Waals surface area contributed by atoms with Crippen LogP contribution in [0.5, 0.6) is 0 Å². The summed E-state index contributed by atoms with van der Waals surface area (Å²) >= 11 is 0. The molecule has 0 atom stereocenters. The van der Waals surface area contributed by atoms with Gasteiger partial charge in [0.05, 0.1) is 12.1 Å². The van der Waals surface area contributed by atoms with E-state index in [-0.39, 0.29) is 12.2 Å². The Balaban J connectivity index is 1.59. The molecule has 3 rings (SSSR count). The van der Waals surface area contributed by atoms with Crippen LogP contribution in [0.15, 0.2) is 60.9 Å². The molecule has 0 saturated heterocycles. The third-order valence-corrected chi connectivity index (χ3v) is 3.53. The molecule has 0 bridgehead atoms. The fourth-order valence-corrected chi connectivity index (χ4v) is 2.26. The number of aromatic nitrogens is 3. The summed E-state index contributed by atoms with van der Waals surface area (Å²) in [5, 5.41) is 12.8. The highest BCUT2D eigenvalue weighted by Gasteiger charge is 2.29. The number of alkyl halides is 3. The van der Waals surface area contributed by atoms with Crippen LogP contribution in [0.2, 0.25) is 0 Å². The Labute approximate surface area is 146 Å². The molecule has 0 spiro atoms. The minimum atomic E-state index is -4.41. The maximum Gasteiger partial charge on any atom is 0.416 e. The fraction of sp³-hybridized carbons (Fsp3) is 0.118. The van der Waals surface area contributed by atoms with Crippen LogP contribution in [-0.4, -0.2) is 20.8 Å². The van der Waals surface area contributed by atoms with Crippen LogP contribution in [0.25, 0.3) is 5.69 Å². The molecule has 0 fully saturated rings. The number of nitrogens with one attached hydrogen (secondary N) is 2. The average molecular weight is 361 g/mol. The van der Waals surface area contributed by atoms with Gasteiger partial charge in [-0.2, -0.15) is 13.2 Å². The van der Waals surface area contributed by atoms with Crippen molar-refractivity contribution in [1.29, 1.82) is 0 Å². The molecule has 0 aliphatic heterocycles. The Kier molecular flexibility index (Phi) is 4.87. The molecule has 134 valence electrons. The molecule has 1 heterocycles. The van der Waals surface area contributed by atoms with Gasteiger partial charge in [0.25, 0.3) is 0 Å². The number of halogens is 3. The first kappa shape index (κ1) is 17.5. The summed E-state index contributed by atoms with van der Waals surface area (Å²) in [5.74, 6) is 0.513. The molecule has 26 heavy (non-hydrogen) atoms. The standard InChI is InChI=1S/C17H14F3N5O/c18-17(19,20)12-6-8-13(9-7-12)23-16(26)21-10-15-24-22-11-25(15)14-4-2-1-3-5-14/h1-9,11H,10H2,(H2,21,23,26). The highest BCUT2D eigenvalue weighted by molar-refractivity contribution is 5.89. The number of benzene rings is 2. The van der Waals surface area contributed by atoms with E-state index in [1.165, 1.54) is 18.5 Å². The number of amides is 2. The van der Waals surface area contributed by atoms with E-state index in [9.17, 15) is 18.0 Å². The zero-order chi connectivity index (χ0) is 18.6. The topological polar surface area (TPSA) is 71.8 Å². The lowest BCUT2D eigenvalue weighted by molar-refractivity contribution is -0.137. The molecular formula is C17H14F3N5O. The van der Waals surface area contributed by atoms with Crippen LogP contribution in [0.4, 0.5) is 23.7 Å². The summed E-state index contributed by atoms with van der Waals surface area (Å²) in [7, 11) is 0. The molecule has 0 unspecified atom stereocenters. The zero-order valence-corrected chi connectivity index (χ0v) is 13.4. The summed E-state index contributed by atoms with van der Waals surface area (Å²) < 4.78 is 39.3. The normalized spacial score (nSPS) is 11.2. The molecule has 0 radical (unpaired) electrons. The SMILES string of the molecule is O=C(NCc1nncn1-c1ccccc1)Nc1ccc(C(F)(F)F)cc1. The van der Waals surface area contributed by atoms with Gasteiger partial charge >= 0.3 is 12.2 Å². The maximum atomic E-state index is 12.5. The van der Waals surface area contributed by atoms with E-state index in [1.807, 2.05) is 30.3 Å². The van der Waals surface area contributed by atoms with Crippen molar-refractivity contribution in [3.05, 3.63) is 72.3 Å². The van der Waals surface area contributed by atoms with Gasteiger partial charge in [-0.25, -0.2) is 4.79 Å². The Bertz CT molecular complexity index is 875. The number of nitrogens with zero attached hydrogens (tertiary/aromatic N) is 3. The Morgan fingerprint density at radius 1 is 1.04 bits per heavy atom. The van der Waals surface area contributed by atoms with Crippen LogP contribution in [0.3, 0.4) is 0 Å². The van der Waals surface area contributed by atoms with Crippen molar-refractivity contribution < 1.29 is 18.0 Å². The predicted octanol–water partition coefficient (Wildman–Crippen LogP) is 3.61. The average Bonchev–Trinajstić information content (AvgIpc) is 3.09. The van der Waals surface area contributed by atoms with Gasteiger partial charge < -0.3 is 10.6 Å². The van der Waals surface area contributed by atoms with Crippen LogP contribution in [-0.2, 0) is 12.7 Å². The number of para-hydroxylation sites is 1. The quantitative estimate of drug-likeness (QED) is 0.746. The summed E-state index contributed by atoms with van der Waals surface area (Å²) in [5.41, 5.74) is 0.317. The molecule has 6 nitrogen and oxygen atoms in total. The van der Waals surface area contributed by atoms with Crippen molar-refractivity contribution in [3.8, 4) is 5.69 Å². The van der Waals surface area contributed by atoms with Gasteiger partial charge in [-0.05, 0) is 36.4 Å². The number of carbonyl (C=O) groups excluding carboxylic acids is 1. The molecule has 1 aromatic heterocycles. The second-order valence-electron chi connectivity index (χ2n) is 5.34. The minimum Gasteiger partial charge on any atom is -0.331 e. The lowest BCUT2D eigenvalue weighted by atomic mass is 10.2. The molecule has 2 amide bonds. The smallest absolute Gasteiger partial charge is 0.331 e. The summed E-state index contributed by atoms with van der Waals surface area (Å²) in [4.78, 5) is 11.9. The van der Waals surface area contributed by atoms with Crippen molar-refractivity contribution in [3.63, 3.8) is 0 Å². The van der Waals surface area contributed by atoms with Crippen LogP contribution >= 0.6 is 0 Å². The van der Waals surface area contributed by atoms with E-state index in [1.54, 1.807) is 4.57 Å². The van der Waals surface area contributed by atoms with Crippen molar-refractivity contribution >= 4 is 11.7 Å². The summed E-state index contributed by atoms with van der Waals surface area (Å²) in [6.07, 6.45) is -2.89. The molecule has 2 aromatic carbocycles. The van der Waals surface area contributed by atoms with Gasteiger partial charge in [-0.1, -0.05) is 18.2 Å². The number of anilines is 1. The van der Waals surface area contributed by atoms with Crippen LogP contribution in [0.1, 0.15) is 11.4 Å². The zero-order valence-electron chi connectivity index (χ0n) is 13.4. The van der Waals surface area contributed by atoms with Crippen LogP contribution in [0, 0.1) is 0 Å². The second kappa shape index (κ2) is 7.26. The number of carbonyl (C=O) groups is 1. The van der Waals surface area contributed by atoms with E-state index in [4.69, 9.17) is 0 Å². The largest absolute Gasteiger partial charge is 0.416 e. The lowest BCUT2D eigenvalue weighted by Gasteiger charge is -2.10. The Morgan fingerprint density at radius 3 is 2.38 bits per heavy atom. The van der Waals surface area contributed by atoms with Gasteiger partial charge in [0.15, 0.2) is 5.82 Å². The van der Waals surface area contributed by atoms with Crippen molar-refractivity contribution in [1.82, 2.24) is 20.1 Å². The van der Waals surface area contributed by atoms with Gasteiger partial charge in [-0.3, -0.25) is 4.57 Å². The first-order valence-electron chi connectivity index (χ1n) is 7.60. The van der Waals surface area contributed by atoms with Gasteiger partial charge in [-0.15, -0.1) is 10.2 Å². The van der Waals surface area contributed by atoms with Gasteiger partial charge in [0, 0.05) is 11.4 Å². The summed E-state index contributed by atoms with van der Waals surface area (Å²) in [6, 6.07) is 13.0. The number of urea groups is 1.